The van der Waals surface area contributed by atoms with E-state index in [1.165, 1.54) is 18.2 Å². The van der Waals surface area contributed by atoms with Crippen molar-refractivity contribution in [3.63, 3.8) is 0 Å². The van der Waals surface area contributed by atoms with Gasteiger partial charge in [0.1, 0.15) is 16.4 Å². The fraction of sp³-hybridized carbons (Fsp3) is 0.100. The van der Waals surface area contributed by atoms with Crippen LogP contribution in [0.1, 0.15) is 11.8 Å². The summed E-state index contributed by atoms with van der Waals surface area (Å²) in [5.41, 5.74) is 0.869. The zero-order valence-corrected chi connectivity index (χ0v) is 19.1. The van der Waals surface area contributed by atoms with Crippen molar-refractivity contribution in [2.75, 3.05) is 11.4 Å². The zero-order chi connectivity index (χ0) is 21.6. The summed E-state index contributed by atoms with van der Waals surface area (Å²) >= 11 is 24.4. The van der Waals surface area contributed by atoms with Gasteiger partial charge in [0.2, 0.25) is 6.23 Å². The third kappa shape index (κ3) is 3.67. The van der Waals surface area contributed by atoms with Crippen LogP contribution in [0.2, 0.25) is 20.1 Å². The fourth-order valence-corrected chi connectivity index (χ4v) is 5.77. The first-order chi connectivity index (χ1) is 14.2. The number of ether oxygens (including phenoxy) is 2. The summed E-state index contributed by atoms with van der Waals surface area (Å²) in [7, 11) is -2.66. The Kier molecular flexibility index (Phi) is 5.72. The van der Waals surface area contributed by atoms with Gasteiger partial charge in [-0.05, 0) is 54.6 Å². The van der Waals surface area contributed by atoms with E-state index in [0.717, 1.165) is 4.31 Å². The Balaban J connectivity index is 1.90. The van der Waals surface area contributed by atoms with Gasteiger partial charge in [0.05, 0.1) is 27.9 Å². The number of hydrogen-bond acceptors (Lipinski definition) is 4. The van der Waals surface area contributed by atoms with Crippen LogP contribution >= 0.6 is 46.4 Å². The highest BCUT2D eigenvalue weighted by Gasteiger charge is 2.42. The first-order valence-corrected chi connectivity index (χ1v) is 11.5. The Bertz CT molecular complexity index is 1230. The third-order valence-electron chi connectivity index (χ3n) is 4.52. The van der Waals surface area contributed by atoms with Gasteiger partial charge in [0.15, 0.2) is 0 Å². The second kappa shape index (κ2) is 8.02. The van der Waals surface area contributed by atoms with E-state index in [-0.39, 0.29) is 25.7 Å². The molecule has 0 bridgehead atoms. The fourth-order valence-electron chi connectivity index (χ4n) is 3.09. The van der Waals surface area contributed by atoms with Gasteiger partial charge in [0.25, 0.3) is 10.0 Å². The molecule has 3 aromatic rings. The maximum absolute atomic E-state index is 13.7. The van der Waals surface area contributed by atoms with E-state index in [1.807, 2.05) is 0 Å². The molecule has 5 nitrogen and oxygen atoms in total. The van der Waals surface area contributed by atoms with Gasteiger partial charge >= 0.3 is 0 Å². The molecule has 1 heterocycles. The van der Waals surface area contributed by atoms with Gasteiger partial charge in [-0.25, -0.2) is 12.7 Å². The minimum atomic E-state index is -4.21. The highest BCUT2D eigenvalue weighted by molar-refractivity contribution is 7.93. The molecule has 10 heteroatoms. The number of rotatable bonds is 4. The van der Waals surface area contributed by atoms with Crippen LogP contribution in [0.5, 0.6) is 11.5 Å². The van der Waals surface area contributed by atoms with Crippen LogP contribution in [-0.4, -0.2) is 15.5 Å². The van der Waals surface area contributed by atoms with Gasteiger partial charge in [-0.15, -0.1) is 0 Å². The molecule has 3 aromatic carbocycles. The average molecular weight is 505 g/mol. The maximum atomic E-state index is 13.7. The minimum absolute atomic E-state index is 0.0617. The molecule has 0 radical (unpaired) electrons. The van der Waals surface area contributed by atoms with Crippen molar-refractivity contribution in [2.45, 2.75) is 11.1 Å². The van der Waals surface area contributed by atoms with Crippen LogP contribution in [0.3, 0.4) is 0 Å². The lowest BCUT2D eigenvalue weighted by Gasteiger charge is -2.26. The van der Waals surface area contributed by atoms with Gasteiger partial charge in [-0.1, -0.05) is 46.4 Å². The summed E-state index contributed by atoms with van der Waals surface area (Å²) in [6.07, 6.45) is -0.986. The molecular formula is C20H13Cl4NO4S. The largest absolute Gasteiger partial charge is 0.497 e. The number of benzene rings is 3. The Hall–Kier alpha value is -1.83. The van der Waals surface area contributed by atoms with E-state index in [9.17, 15) is 8.42 Å². The lowest BCUT2D eigenvalue weighted by atomic mass is 10.2. The minimum Gasteiger partial charge on any atom is -0.497 e. The van der Waals surface area contributed by atoms with Crippen molar-refractivity contribution in [1.29, 1.82) is 0 Å². The van der Waals surface area contributed by atoms with Gasteiger partial charge in [-0.3, -0.25) is 0 Å². The molecule has 0 spiro atoms. The lowest BCUT2D eigenvalue weighted by molar-refractivity contribution is 0.244. The molecule has 0 N–H and O–H groups in total. The molecule has 30 heavy (non-hydrogen) atoms. The molecule has 1 atom stereocenters. The predicted molar refractivity (Wildman–Crippen MR) is 119 cm³/mol. The third-order valence-corrected chi connectivity index (χ3v) is 7.70. The average Bonchev–Trinajstić information content (AvgIpc) is 3.10. The highest BCUT2D eigenvalue weighted by atomic mass is 35.5. The quantitative estimate of drug-likeness (QED) is 0.376. The topological polar surface area (TPSA) is 55.8 Å². The summed E-state index contributed by atoms with van der Waals surface area (Å²) in [6.45, 7) is 0. The summed E-state index contributed by atoms with van der Waals surface area (Å²) in [4.78, 5) is -0.200. The maximum Gasteiger partial charge on any atom is 0.269 e. The van der Waals surface area contributed by atoms with Gasteiger partial charge < -0.3 is 9.47 Å². The van der Waals surface area contributed by atoms with Crippen molar-refractivity contribution in [2.24, 2.45) is 0 Å². The van der Waals surface area contributed by atoms with E-state index in [1.54, 1.807) is 43.5 Å². The number of hydrogen-bond donors (Lipinski definition) is 0. The molecule has 0 aliphatic carbocycles. The number of halogens is 4. The lowest BCUT2D eigenvalue weighted by Crippen LogP contribution is -2.34. The van der Waals surface area contributed by atoms with E-state index in [2.05, 4.69) is 0 Å². The second-order valence-corrected chi connectivity index (χ2v) is 9.79. The zero-order valence-electron chi connectivity index (χ0n) is 15.3. The van der Waals surface area contributed by atoms with E-state index < -0.39 is 16.3 Å². The van der Waals surface area contributed by atoms with Crippen molar-refractivity contribution < 1.29 is 17.9 Å². The van der Waals surface area contributed by atoms with Crippen LogP contribution < -0.4 is 13.8 Å². The molecule has 156 valence electrons. The number of nitrogens with zero attached hydrogens (tertiary/aromatic N) is 1. The van der Waals surface area contributed by atoms with E-state index >= 15 is 0 Å². The van der Waals surface area contributed by atoms with Crippen LogP contribution in [0.25, 0.3) is 0 Å². The molecule has 4 rings (SSSR count). The number of methoxy groups -OCH3 is 1. The number of sulfonamides is 1. The van der Waals surface area contributed by atoms with Gasteiger partial charge in [-0.2, -0.15) is 0 Å². The van der Waals surface area contributed by atoms with Crippen LogP contribution in [-0.2, 0) is 10.0 Å². The summed E-state index contributed by atoms with van der Waals surface area (Å²) in [5, 5.41) is 0.502. The van der Waals surface area contributed by atoms with Crippen LogP contribution in [0, 0.1) is 0 Å². The number of anilines is 1. The standard InChI is InChI=1S/C20H13Cl4NO4S/c1-28-13-5-2-11(3-6-13)20-25(17-8-12(21)4-7-18(17)29-20)30(26,27)19-10-15(23)14(22)9-16(19)24/h2-10,20H,1H3/t20-/m1/s1. The Morgan fingerprint density at radius 2 is 1.57 bits per heavy atom. The normalized spacial score (nSPS) is 15.6. The second-order valence-electron chi connectivity index (χ2n) is 6.35. The van der Waals surface area contributed by atoms with Crippen molar-refractivity contribution >= 4 is 62.1 Å². The molecule has 0 aromatic heterocycles. The summed E-state index contributed by atoms with van der Waals surface area (Å²) < 4.78 is 39.7. The van der Waals surface area contributed by atoms with Gasteiger partial charge in [0, 0.05) is 10.6 Å². The smallest absolute Gasteiger partial charge is 0.269 e. The summed E-state index contributed by atoms with van der Waals surface area (Å²) in [6, 6.07) is 14.1. The van der Waals surface area contributed by atoms with E-state index in [0.29, 0.717) is 22.1 Å². The molecule has 0 amide bonds. The van der Waals surface area contributed by atoms with Crippen molar-refractivity contribution in [3.8, 4) is 11.5 Å². The Morgan fingerprint density at radius 1 is 0.900 bits per heavy atom. The van der Waals surface area contributed by atoms with Crippen LogP contribution in [0.15, 0.2) is 59.5 Å². The SMILES string of the molecule is COc1ccc([C@H]2Oc3ccc(Cl)cc3N2S(=O)(=O)c2cc(Cl)c(Cl)cc2Cl)cc1. The monoisotopic (exact) mass is 503 g/mol. The first kappa shape index (κ1) is 21.4. The molecule has 1 aliphatic rings. The molecule has 0 unspecified atom stereocenters. The molecular weight excluding hydrogens is 492 g/mol. The van der Waals surface area contributed by atoms with Crippen molar-refractivity contribution in [1.82, 2.24) is 0 Å². The molecule has 0 fully saturated rings. The highest BCUT2D eigenvalue weighted by Crippen LogP contribution is 2.48. The molecule has 0 saturated heterocycles. The Morgan fingerprint density at radius 3 is 2.23 bits per heavy atom. The Labute approximate surface area is 193 Å². The van der Waals surface area contributed by atoms with Crippen molar-refractivity contribution in [3.05, 3.63) is 80.3 Å². The summed E-state index contributed by atoms with van der Waals surface area (Å²) in [5.74, 6) is 0.985. The molecule has 1 aliphatic heterocycles. The van der Waals surface area contributed by atoms with Crippen LogP contribution in [0.4, 0.5) is 5.69 Å². The molecule has 0 saturated carbocycles. The number of fused-ring (bicyclic) bond motifs is 1. The first-order valence-electron chi connectivity index (χ1n) is 8.51. The predicted octanol–water partition coefficient (Wildman–Crippen LogP) is 6.60. The van der Waals surface area contributed by atoms with E-state index in [4.69, 9.17) is 55.9 Å².